The van der Waals surface area contributed by atoms with Crippen molar-refractivity contribution in [3.05, 3.63) is 51.7 Å². The number of halogens is 4. The zero-order chi connectivity index (χ0) is 26.4. The Bertz CT molecular complexity index is 1020. The molecule has 1 aromatic heterocycles. The molecule has 2 fully saturated rings. The average Bonchev–Trinajstić information content (AvgIpc) is 3.37. The molecule has 212 valence electrons. The second-order valence-electron chi connectivity index (χ2n) is 10.1. The van der Waals surface area contributed by atoms with Gasteiger partial charge in [-0.3, -0.25) is 14.6 Å². The van der Waals surface area contributed by atoms with Crippen LogP contribution in [0.3, 0.4) is 0 Å². The molecule has 11 heteroatoms. The van der Waals surface area contributed by atoms with E-state index >= 15 is 0 Å². The van der Waals surface area contributed by atoms with Gasteiger partial charge in [-0.1, -0.05) is 12.1 Å². The number of amides is 1. The minimum Gasteiger partial charge on any atom is -0.368 e. The molecule has 3 heterocycles. The molecule has 0 saturated carbocycles. The number of anilines is 1. The van der Waals surface area contributed by atoms with Crippen LogP contribution in [0.4, 0.5) is 18.9 Å². The number of hydrogen-bond donors (Lipinski definition) is 1. The van der Waals surface area contributed by atoms with Crippen molar-refractivity contribution in [2.45, 2.75) is 39.0 Å². The summed E-state index contributed by atoms with van der Waals surface area (Å²) in [6.07, 6.45) is -3.37. The number of rotatable bonds is 9. The van der Waals surface area contributed by atoms with Gasteiger partial charge in [0.15, 0.2) is 0 Å². The van der Waals surface area contributed by atoms with Gasteiger partial charge in [-0.25, -0.2) is 0 Å². The molecule has 1 N–H and O–H groups in total. The van der Waals surface area contributed by atoms with Crippen LogP contribution in [-0.2, 0) is 12.7 Å². The summed E-state index contributed by atoms with van der Waals surface area (Å²) >= 11 is 1.57. The van der Waals surface area contributed by atoms with E-state index in [-0.39, 0.29) is 24.0 Å². The second-order valence-corrected chi connectivity index (χ2v) is 11.2. The van der Waals surface area contributed by atoms with Crippen molar-refractivity contribution in [2.75, 3.05) is 70.3 Å². The number of nitrogens with one attached hydrogen (secondary N) is 1. The normalized spacial score (nSPS) is 17.6. The van der Waals surface area contributed by atoms with E-state index in [0.717, 1.165) is 81.1 Å². The van der Waals surface area contributed by atoms with Gasteiger partial charge in [0.1, 0.15) is 0 Å². The largest absolute Gasteiger partial charge is 0.418 e. The maximum Gasteiger partial charge on any atom is 0.418 e. The first-order valence-electron chi connectivity index (χ1n) is 13.2. The Balaban J connectivity index is 0.00000400. The lowest BCUT2D eigenvalue weighted by molar-refractivity contribution is -0.137. The Morgan fingerprint density at radius 1 is 0.974 bits per heavy atom. The van der Waals surface area contributed by atoms with E-state index in [0.29, 0.717) is 19.1 Å². The van der Waals surface area contributed by atoms with Crippen LogP contribution in [0.1, 0.15) is 40.4 Å². The molecule has 4 rings (SSSR count). The van der Waals surface area contributed by atoms with E-state index in [4.69, 9.17) is 0 Å². The molecule has 0 atom stereocenters. The molecule has 0 spiro atoms. The van der Waals surface area contributed by atoms with Crippen molar-refractivity contribution in [3.63, 3.8) is 0 Å². The molecule has 2 aliphatic heterocycles. The molecule has 0 aliphatic carbocycles. The van der Waals surface area contributed by atoms with Gasteiger partial charge in [-0.05, 0) is 57.6 Å². The van der Waals surface area contributed by atoms with Crippen molar-refractivity contribution >= 4 is 35.3 Å². The van der Waals surface area contributed by atoms with E-state index in [1.54, 1.807) is 23.5 Å². The van der Waals surface area contributed by atoms with Crippen LogP contribution in [0.15, 0.2) is 36.4 Å². The maximum absolute atomic E-state index is 13.3. The lowest BCUT2D eigenvalue weighted by Gasteiger charge is -2.37. The van der Waals surface area contributed by atoms with Gasteiger partial charge < -0.3 is 15.1 Å². The van der Waals surface area contributed by atoms with Crippen LogP contribution in [0.5, 0.6) is 0 Å². The number of carbonyl (C=O) groups excluding carboxylic acids is 1. The lowest BCUT2D eigenvalue weighted by Crippen LogP contribution is -2.50. The van der Waals surface area contributed by atoms with E-state index in [2.05, 4.69) is 29.0 Å². The van der Waals surface area contributed by atoms with Crippen LogP contribution in [0, 0.1) is 0 Å². The number of nitrogens with zero attached hydrogens (tertiary/aromatic N) is 4. The van der Waals surface area contributed by atoms with Gasteiger partial charge in [-0.15, -0.1) is 23.7 Å². The third-order valence-electron chi connectivity index (χ3n) is 7.25. The Morgan fingerprint density at radius 2 is 1.66 bits per heavy atom. The Morgan fingerprint density at radius 3 is 2.32 bits per heavy atom. The van der Waals surface area contributed by atoms with Crippen molar-refractivity contribution in [1.82, 2.24) is 20.0 Å². The van der Waals surface area contributed by atoms with Crippen LogP contribution < -0.4 is 10.2 Å². The number of thiophene rings is 1. The number of piperazine rings is 2. The predicted octanol–water partition coefficient (Wildman–Crippen LogP) is 4.66. The molecule has 1 amide bonds. The summed E-state index contributed by atoms with van der Waals surface area (Å²) < 4.78 is 40.0. The summed E-state index contributed by atoms with van der Waals surface area (Å²) in [4.78, 5) is 23.3. The lowest BCUT2D eigenvalue weighted by atomic mass is 10.1. The van der Waals surface area contributed by atoms with Gasteiger partial charge in [0.05, 0.1) is 10.4 Å². The minimum absolute atomic E-state index is 0. The zero-order valence-corrected chi connectivity index (χ0v) is 23.8. The van der Waals surface area contributed by atoms with E-state index in [1.807, 2.05) is 21.9 Å². The first-order chi connectivity index (χ1) is 17.7. The molecule has 6 nitrogen and oxygen atoms in total. The molecule has 2 aromatic rings. The van der Waals surface area contributed by atoms with Crippen molar-refractivity contribution in [3.8, 4) is 0 Å². The molecule has 2 saturated heterocycles. The van der Waals surface area contributed by atoms with E-state index < -0.39 is 11.7 Å². The van der Waals surface area contributed by atoms with Gasteiger partial charge in [-0.2, -0.15) is 13.2 Å². The first-order valence-corrected chi connectivity index (χ1v) is 14.0. The molecular weight excluding hydrogens is 535 g/mol. The summed E-state index contributed by atoms with van der Waals surface area (Å²) in [5.41, 5.74) is -0.275. The minimum atomic E-state index is -4.33. The number of para-hydroxylation sites is 1. The number of benzene rings is 1. The van der Waals surface area contributed by atoms with Crippen molar-refractivity contribution in [2.24, 2.45) is 0 Å². The topological polar surface area (TPSA) is 42.1 Å². The third-order valence-corrected chi connectivity index (χ3v) is 8.33. The highest BCUT2D eigenvalue weighted by atomic mass is 35.5. The monoisotopic (exact) mass is 573 g/mol. The number of hydrogen-bond acceptors (Lipinski definition) is 6. The average molecular weight is 574 g/mol. The zero-order valence-electron chi connectivity index (χ0n) is 22.2. The van der Waals surface area contributed by atoms with Crippen LogP contribution in [-0.4, -0.2) is 92.1 Å². The van der Waals surface area contributed by atoms with Crippen molar-refractivity contribution in [1.29, 1.82) is 0 Å². The standard InChI is InChI=1S/C27H38F3N5OS.ClH/c1-21(2)33-16-18-35(19-17-33)26(36)25-9-8-22(37-25)20-31-10-5-11-32-12-14-34(15-13-32)24-7-4-3-6-23(24)27(28,29)30;/h3-4,6-9,21,31H,5,10-20H2,1-2H3;1H. The fourth-order valence-corrected chi connectivity index (χ4v) is 5.97. The summed E-state index contributed by atoms with van der Waals surface area (Å²) in [5, 5.41) is 3.47. The van der Waals surface area contributed by atoms with E-state index in [1.165, 1.54) is 6.07 Å². The Kier molecular flexibility index (Phi) is 11.3. The fourth-order valence-electron chi connectivity index (χ4n) is 5.03. The molecule has 0 radical (unpaired) electrons. The highest BCUT2D eigenvalue weighted by Gasteiger charge is 2.35. The second kappa shape index (κ2) is 14.0. The van der Waals surface area contributed by atoms with Gasteiger partial charge in [0, 0.05) is 75.5 Å². The smallest absolute Gasteiger partial charge is 0.368 e. The predicted molar refractivity (Wildman–Crippen MR) is 151 cm³/mol. The summed E-state index contributed by atoms with van der Waals surface area (Å²) in [6.45, 7) is 13.0. The maximum atomic E-state index is 13.3. The third kappa shape index (κ3) is 8.08. The Labute approximate surface area is 234 Å². The molecule has 0 unspecified atom stereocenters. The van der Waals surface area contributed by atoms with Crippen LogP contribution >= 0.6 is 23.7 Å². The SMILES string of the molecule is CC(C)N1CCN(C(=O)c2ccc(CNCCCN3CCN(c4ccccc4C(F)(F)F)CC3)s2)CC1.Cl. The fraction of sp³-hybridized carbons (Fsp3) is 0.593. The highest BCUT2D eigenvalue weighted by molar-refractivity contribution is 7.14. The van der Waals surface area contributed by atoms with Gasteiger partial charge >= 0.3 is 6.18 Å². The van der Waals surface area contributed by atoms with Gasteiger partial charge in [0.2, 0.25) is 0 Å². The van der Waals surface area contributed by atoms with Crippen LogP contribution in [0.2, 0.25) is 0 Å². The quantitative estimate of drug-likeness (QED) is 0.442. The van der Waals surface area contributed by atoms with Gasteiger partial charge in [0.25, 0.3) is 5.91 Å². The summed E-state index contributed by atoms with van der Waals surface area (Å²) in [5.74, 6) is 0.136. The summed E-state index contributed by atoms with van der Waals surface area (Å²) in [6, 6.07) is 10.3. The first kappa shape index (κ1) is 30.7. The molecule has 0 bridgehead atoms. The summed E-state index contributed by atoms with van der Waals surface area (Å²) in [7, 11) is 0. The molecule has 38 heavy (non-hydrogen) atoms. The molecule has 1 aromatic carbocycles. The molecular formula is C27H39ClF3N5OS. The highest BCUT2D eigenvalue weighted by Crippen LogP contribution is 2.36. The van der Waals surface area contributed by atoms with Crippen molar-refractivity contribution < 1.29 is 18.0 Å². The van der Waals surface area contributed by atoms with E-state index in [9.17, 15) is 18.0 Å². The number of alkyl halides is 3. The number of carbonyl (C=O) groups is 1. The van der Waals surface area contributed by atoms with Crippen LogP contribution in [0.25, 0.3) is 0 Å². The Hall–Kier alpha value is -1.85. The molecule has 2 aliphatic rings.